The van der Waals surface area contributed by atoms with Crippen molar-refractivity contribution in [2.75, 3.05) is 5.32 Å². The van der Waals surface area contributed by atoms with Crippen molar-refractivity contribution in [2.45, 2.75) is 41.4 Å². The zero-order valence-corrected chi connectivity index (χ0v) is 21.1. The highest BCUT2D eigenvalue weighted by molar-refractivity contribution is 8.00. The number of sulfone groups is 1. The van der Waals surface area contributed by atoms with Crippen LogP contribution in [0.15, 0.2) is 71.2 Å². The summed E-state index contributed by atoms with van der Waals surface area (Å²) < 4.78 is 28.3. The Labute approximate surface area is 206 Å². The standard InChI is InChI=1S/C23H23N5O3S3/c1-4-12-28-20(14-34(30,31)17-8-6-5-7-9-17)26-27-23(28)32-16(3)21(29)25-22-24-18-11-10-15(2)13-19(18)33-22/h4-11,13,16H,1,12,14H2,2-3H3,(H,24,25,29). The van der Waals surface area contributed by atoms with Gasteiger partial charge in [0.25, 0.3) is 0 Å². The van der Waals surface area contributed by atoms with E-state index in [1.165, 1.54) is 23.1 Å². The Morgan fingerprint density at radius 3 is 2.74 bits per heavy atom. The van der Waals surface area contributed by atoms with Gasteiger partial charge in [0, 0.05) is 6.54 Å². The first-order valence-electron chi connectivity index (χ1n) is 10.4. The number of carbonyl (C=O) groups is 1. The molecule has 0 spiro atoms. The van der Waals surface area contributed by atoms with Gasteiger partial charge in [-0.15, -0.1) is 16.8 Å². The number of nitrogens with one attached hydrogen (secondary N) is 1. The molecule has 1 unspecified atom stereocenters. The molecule has 11 heteroatoms. The quantitative estimate of drug-likeness (QED) is 0.260. The number of hydrogen-bond donors (Lipinski definition) is 1. The van der Waals surface area contributed by atoms with Gasteiger partial charge in [-0.25, -0.2) is 13.4 Å². The van der Waals surface area contributed by atoms with Crippen molar-refractivity contribution < 1.29 is 13.2 Å². The molecular weight excluding hydrogens is 490 g/mol. The van der Waals surface area contributed by atoms with E-state index in [0.717, 1.165) is 15.8 Å². The van der Waals surface area contributed by atoms with Gasteiger partial charge in [-0.1, -0.05) is 53.4 Å². The maximum Gasteiger partial charge on any atom is 0.239 e. The number of fused-ring (bicyclic) bond motifs is 1. The number of amides is 1. The number of benzene rings is 2. The summed E-state index contributed by atoms with van der Waals surface area (Å²) in [6.45, 7) is 7.83. The van der Waals surface area contributed by atoms with E-state index in [0.29, 0.717) is 22.7 Å². The predicted molar refractivity (Wildman–Crippen MR) is 136 cm³/mol. The van der Waals surface area contributed by atoms with E-state index in [4.69, 9.17) is 0 Å². The number of thiazole rings is 1. The summed E-state index contributed by atoms with van der Waals surface area (Å²) in [6.07, 6.45) is 1.64. The number of allylic oxidation sites excluding steroid dienone is 1. The van der Waals surface area contributed by atoms with Crippen LogP contribution in [0, 0.1) is 6.92 Å². The Hall–Kier alpha value is -3.02. The minimum atomic E-state index is -3.60. The van der Waals surface area contributed by atoms with E-state index in [1.54, 1.807) is 47.9 Å². The molecule has 0 aliphatic heterocycles. The first-order valence-corrected chi connectivity index (χ1v) is 13.8. The van der Waals surface area contributed by atoms with E-state index in [1.807, 2.05) is 25.1 Å². The van der Waals surface area contributed by atoms with Crippen molar-refractivity contribution in [3.63, 3.8) is 0 Å². The maximum atomic E-state index is 12.8. The van der Waals surface area contributed by atoms with Crippen molar-refractivity contribution in [2.24, 2.45) is 0 Å². The molecule has 2 aromatic heterocycles. The fourth-order valence-electron chi connectivity index (χ4n) is 3.21. The van der Waals surface area contributed by atoms with Gasteiger partial charge in [0.1, 0.15) is 11.6 Å². The summed E-state index contributed by atoms with van der Waals surface area (Å²) in [5.74, 6) is -0.239. The molecular formula is C23H23N5O3S3. The van der Waals surface area contributed by atoms with Crippen molar-refractivity contribution >= 4 is 54.2 Å². The van der Waals surface area contributed by atoms with Crippen LogP contribution >= 0.6 is 23.1 Å². The summed E-state index contributed by atoms with van der Waals surface area (Å²) in [5, 5.41) is 11.6. The molecule has 0 saturated carbocycles. The normalized spacial score (nSPS) is 12.5. The molecule has 8 nitrogen and oxygen atoms in total. The predicted octanol–water partition coefficient (Wildman–Crippen LogP) is 4.48. The van der Waals surface area contributed by atoms with Crippen LogP contribution in [-0.4, -0.2) is 39.3 Å². The van der Waals surface area contributed by atoms with Gasteiger partial charge in [0.05, 0.1) is 20.4 Å². The Morgan fingerprint density at radius 1 is 1.24 bits per heavy atom. The zero-order valence-electron chi connectivity index (χ0n) is 18.6. The van der Waals surface area contributed by atoms with Crippen LogP contribution in [0.1, 0.15) is 18.3 Å². The van der Waals surface area contributed by atoms with E-state index in [9.17, 15) is 13.2 Å². The molecule has 0 radical (unpaired) electrons. The van der Waals surface area contributed by atoms with Gasteiger partial charge in [0.2, 0.25) is 5.91 Å². The van der Waals surface area contributed by atoms with Crippen LogP contribution in [0.25, 0.3) is 10.2 Å². The molecule has 1 N–H and O–H groups in total. The van der Waals surface area contributed by atoms with Crippen LogP contribution in [0.3, 0.4) is 0 Å². The number of aryl methyl sites for hydroxylation is 1. The van der Waals surface area contributed by atoms with Crippen LogP contribution < -0.4 is 5.32 Å². The highest BCUT2D eigenvalue weighted by Gasteiger charge is 2.24. The van der Waals surface area contributed by atoms with Crippen LogP contribution in [0.5, 0.6) is 0 Å². The molecule has 1 atom stereocenters. The summed E-state index contributed by atoms with van der Waals surface area (Å²) >= 11 is 2.62. The van der Waals surface area contributed by atoms with Crippen molar-refractivity contribution in [1.82, 2.24) is 19.7 Å². The van der Waals surface area contributed by atoms with E-state index >= 15 is 0 Å². The Kier molecular flexibility index (Phi) is 7.15. The van der Waals surface area contributed by atoms with Gasteiger partial charge in [-0.3, -0.25) is 4.79 Å². The molecule has 0 fully saturated rings. The van der Waals surface area contributed by atoms with E-state index in [-0.39, 0.29) is 16.6 Å². The minimum absolute atomic E-state index is 0.219. The zero-order chi connectivity index (χ0) is 24.3. The molecule has 4 rings (SSSR count). The fourth-order valence-corrected chi connectivity index (χ4v) is 6.35. The number of anilines is 1. The molecule has 2 aromatic carbocycles. The van der Waals surface area contributed by atoms with Gasteiger partial charge in [0.15, 0.2) is 20.1 Å². The molecule has 0 aliphatic carbocycles. The van der Waals surface area contributed by atoms with Crippen molar-refractivity contribution in [3.8, 4) is 0 Å². The van der Waals surface area contributed by atoms with E-state index < -0.39 is 15.1 Å². The second-order valence-electron chi connectivity index (χ2n) is 7.61. The van der Waals surface area contributed by atoms with E-state index in [2.05, 4.69) is 27.1 Å². The molecule has 1 amide bonds. The lowest BCUT2D eigenvalue weighted by atomic mass is 10.2. The third kappa shape index (κ3) is 5.37. The number of nitrogens with zero attached hydrogens (tertiary/aromatic N) is 4. The number of thioether (sulfide) groups is 1. The number of aromatic nitrogens is 4. The molecule has 0 saturated heterocycles. The molecule has 176 valence electrons. The SMILES string of the molecule is C=CCn1c(CS(=O)(=O)c2ccccc2)nnc1SC(C)C(=O)Nc1nc2ccc(C)cc2s1. The topological polar surface area (TPSA) is 107 Å². The highest BCUT2D eigenvalue weighted by atomic mass is 32.2. The molecule has 4 aromatic rings. The first kappa shape index (κ1) is 24.1. The van der Waals surface area contributed by atoms with Gasteiger partial charge in [-0.2, -0.15) is 0 Å². The number of rotatable bonds is 9. The Bertz CT molecular complexity index is 1450. The smallest absolute Gasteiger partial charge is 0.239 e. The van der Waals surface area contributed by atoms with Crippen LogP contribution in [-0.2, 0) is 26.9 Å². The van der Waals surface area contributed by atoms with Gasteiger partial charge < -0.3 is 9.88 Å². The van der Waals surface area contributed by atoms with Crippen LogP contribution in [0.2, 0.25) is 0 Å². The first-order chi connectivity index (χ1) is 16.3. The molecule has 0 bridgehead atoms. The second-order valence-corrected chi connectivity index (χ2v) is 11.9. The lowest BCUT2D eigenvalue weighted by molar-refractivity contribution is -0.115. The number of carbonyl (C=O) groups excluding carboxylic acids is 1. The lowest BCUT2D eigenvalue weighted by Crippen LogP contribution is -2.23. The van der Waals surface area contributed by atoms with Crippen LogP contribution in [0.4, 0.5) is 5.13 Å². The van der Waals surface area contributed by atoms with Gasteiger partial charge in [-0.05, 0) is 43.7 Å². The monoisotopic (exact) mass is 513 g/mol. The Balaban J connectivity index is 1.49. The van der Waals surface area contributed by atoms with Crippen molar-refractivity contribution in [1.29, 1.82) is 0 Å². The second kappa shape index (κ2) is 10.1. The Morgan fingerprint density at radius 2 is 2.00 bits per heavy atom. The molecule has 0 aliphatic rings. The minimum Gasteiger partial charge on any atom is -0.301 e. The number of hydrogen-bond acceptors (Lipinski definition) is 8. The van der Waals surface area contributed by atoms with Gasteiger partial charge >= 0.3 is 0 Å². The maximum absolute atomic E-state index is 12.8. The summed E-state index contributed by atoms with van der Waals surface area (Å²) in [4.78, 5) is 17.5. The third-order valence-electron chi connectivity index (χ3n) is 4.95. The largest absolute Gasteiger partial charge is 0.301 e. The third-order valence-corrected chi connectivity index (χ3v) is 8.59. The average molecular weight is 514 g/mol. The molecule has 34 heavy (non-hydrogen) atoms. The molecule has 2 heterocycles. The fraction of sp³-hybridized carbons (Fsp3) is 0.217. The summed E-state index contributed by atoms with van der Waals surface area (Å²) in [5.41, 5.74) is 1.96. The highest BCUT2D eigenvalue weighted by Crippen LogP contribution is 2.29. The van der Waals surface area contributed by atoms with Crippen molar-refractivity contribution in [3.05, 3.63) is 72.6 Å². The average Bonchev–Trinajstić information content (AvgIpc) is 3.37. The summed E-state index contributed by atoms with van der Waals surface area (Å²) in [6, 6.07) is 14.2. The summed E-state index contributed by atoms with van der Waals surface area (Å²) in [7, 11) is -3.60. The lowest BCUT2D eigenvalue weighted by Gasteiger charge is -2.12.